The Balaban J connectivity index is 2.21. The highest BCUT2D eigenvalue weighted by molar-refractivity contribution is 6.02. The number of carbonyl (C=O) groups is 2. The third-order valence-corrected chi connectivity index (χ3v) is 4.19. The van der Waals surface area contributed by atoms with Crippen LogP contribution in [-0.2, 0) is 14.3 Å². The summed E-state index contributed by atoms with van der Waals surface area (Å²) in [5, 5.41) is 0. The first-order valence-corrected chi connectivity index (χ1v) is 5.13. The fourth-order valence-corrected chi connectivity index (χ4v) is 3.38. The van der Waals surface area contributed by atoms with Crippen LogP contribution < -0.4 is 0 Å². The Morgan fingerprint density at radius 2 is 1.50 bits per heavy atom. The number of cyclic esters (lactones) is 2. The summed E-state index contributed by atoms with van der Waals surface area (Å²) in [6, 6.07) is 0. The van der Waals surface area contributed by atoms with Gasteiger partial charge in [-0.2, -0.15) is 0 Å². The summed E-state index contributed by atoms with van der Waals surface area (Å²) in [5.41, 5.74) is -0.975. The molecule has 1 aliphatic heterocycles. The van der Waals surface area contributed by atoms with Gasteiger partial charge in [0.1, 0.15) is 0 Å². The Bertz CT molecular complexity index is 326. The minimum atomic E-state index is -0.487. The molecular formula is C11H12O3. The maximum Gasteiger partial charge on any atom is 0.321 e. The van der Waals surface area contributed by atoms with Crippen LogP contribution in [0.1, 0.15) is 32.1 Å². The molecule has 0 aromatic heterocycles. The molecule has 0 aromatic carbocycles. The molecule has 3 nitrogen and oxygen atoms in total. The molecule has 2 fully saturated rings. The summed E-state index contributed by atoms with van der Waals surface area (Å²) in [5.74, 6) is -0.547. The van der Waals surface area contributed by atoms with Gasteiger partial charge in [-0.15, -0.1) is 0 Å². The van der Waals surface area contributed by atoms with Gasteiger partial charge in [-0.3, -0.25) is 9.59 Å². The number of hydrogen-bond acceptors (Lipinski definition) is 3. The van der Waals surface area contributed by atoms with Crippen LogP contribution in [0.5, 0.6) is 0 Å². The van der Waals surface area contributed by atoms with Gasteiger partial charge in [0.05, 0.1) is 10.8 Å². The van der Waals surface area contributed by atoms with Gasteiger partial charge in [0.2, 0.25) is 0 Å². The SMILES string of the molecule is O=C1OC(=O)C23CC=CCC12CCC3. The fourth-order valence-electron chi connectivity index (χ4n) is 3.38. The summed E-state index contributed by atoms with van der Waals surface area (Å²) in [6.07, 6.45) is 8.04. The number of rotatable bonds is 0. The third kappa shape index (κ3) is 0.636. The van der Waals surface area contributed by atoms with Gasteiger partial charge in [0.25, 0.3) is 0 Å². The molecule has 2 aliphatic carbocycles. The van der Waals surface area contributed by atoms with Crippen molar-refractivity contribution in [2.24, 2.45) is 10.8 Å². The van der Waals surface area contributed by atoms with Crippen LogP contribution in [0.25, 0.3) is 0 Å². The molecule has 0 amide bonds. The molecule has 1 saturated carbocycles. The maximum atomic E-state index is 11.7. The van der Waals surface area contributed by atoms with Crippen molar-refractivity contribution in [2.45, 2.75) is 32.1 Å². The van der Waals surface area contributed by atoms with E-state index in [4.69, 9.17) is 4.74 Å². The lowest BCUT2D eigenvalue weighted by Gasteiger charge is -2.35. The van der Waals surface area contributed by atoms with Crippen molar-refractivity contribution >= 4 is 11.9 Å². The first kappa shape index (κ1) is 8.21. The van der Waals surface area contributed by atoms with Gasteiger partial charge < -0.3 is 4.74 Å². The quantitative estimate of drug-likeness (QED) is 0.332. The first-order valence-electron chi connectivity index (χ1n) is 5.13. The van der Waals surface area contributed by atoms with E-state index in [1.807, 2.05) is 12.2 Å². The standard InChI is InChI=1S/C11H12O3/c12-8-10-4-1-2-5-11(10,7-3-6-10)9(13)14-8/h1-2H,3-7H2. The summed E-state index contributed by atoms with van der Waals surface area (Å²) in [6.45, 7) is 0. The van der Waals surface area contributed by atoms with E-state index in [1.54, 1.807) is 0 Å². The van der Waals surface area contributed by atoms with E-state index in [9.17, 15) is 9.59 Å². The highest BCUT2D eigenvalue weighted by atomic mass is 16.6. The number of ether oxygens (including phenoxy) is 1. The molecule has 0 spiro atoms. The van der Waals surface area contributed by atoms with Gasteiger partial charge in [-0.05, 0) is 25.7 Å². The fraction of sp³-hybridized carbons (Fsp3) is 0.636. The van der Waals surface area contributed by atoms with Gasteiger partial charge in [0.15, 0.2) is 0 Å². The molecule has 2 unspecified atom stereocenters. The minimum Gasteiger partial charge on any atom is -0.392 e. The Labute approximate surface area is 82.1 Å². The summed E-state index contributed by atoms with van der Waals surface area (Å²) < 4.78 is 4.84. The average Bonchev–Trinajstić information content (AvgIpc) is 2.66. The molecule has 3 aliphatic rings. The van der Waals surface area contributed by atoms with Crippen LogP contribution in [0, 0.1) is 10.8 Å². The molecule has 1 saturated heterocycles. The summed E-state index contributed by atoms with van der Waals surface area (Å²) >= 11 is 0. The van der Waals surface area contributed by atoms with E-state index in [0.717, 1.165) is 19.3 Å². The van der Waals surface area contributed by atoms with Crippen molar-refractivity contribution in [2.75, 3.05) is 0 Å². The van der Waals surface area contributed by atoms with Gasteiger partial charge in [-0.25, -0.2) is 0 Å². The van der Waals surface area contributed by atoms with Gasteiger partial charge in [0, 0.05) is 0 Å². The van der Waals surface area contributed by atoms with Gasteiger partial charge in [-0.1, -0.05) is 18.6 Å². The van der Waals surface area contributed by atoms with Crippen LogP contribution in [-0.4, -0.2) is 11.9 Å². The zero-order valence-corrected chi connectivity index (χ0v) is 7.91. The second kappa shape index (κ2) is 2.27. The van der Waals surface area contributed by atoms with Crippen molar-refractivity contribution in [3.63, 3.8) is 0 Å². The maximum absolute atomic E-state index is 11.7. The molecule has 2 atom stereocenters. The second-order valence-electron chi connectivity index (χ2n) is 4.57. The molecule has 3 rings (SSSR count). The molecule has 0 radical (unpaired) electrons. The molecular weight excluding hydrogens is 180 g/mol. The van der Waals surface area contributed by atoms with Crippen LogP contribution in [0.2, 0.25) is 0 Å². The van der Waals surface area contributed by atoms with Crippen molar-refractivity contribution in [1.29, 1.82) is 0 Å². The van der Waals surface area contributed by atoms with Crippen LogP contribution in [0.15, 0.2) is 12.2 Å². The number of esters is 2. The number of carbonyl (C=O) groups excluding carboxylic acids is 2. The van der Waals surface area contributed by atoms with Crippen molar-refractivity contribution in [3.05, 3.63) is 12.2 Å². The van der Waals surface area contributed by atoms with Crippen molar-refractivity contribution in [1.82, 2.24) is 0 Å². The Kier molecular flexibility index (Phi) is 1.33. The molecule has 0 N–H and O–H groups in total. The zero-order chi connectivity index (χ0) is 9.81. The topological polar surface area (TPSA) is 43.4 Å². The monoisotopic (exact) mass is 192 g/mol. The average molecular weight is 192 g/mol. The highest BCUT2D eigenvalue weighted by Crippen LogP contribution is 2.63. The van der Waals surface area contributed by atoms with E-state index < -0.39 is 10.8 Å². The van der Waals surface area contributed by atoms with E-state index in [-0.39, 0.29) is 11.9 Å². The van der Waals surface area contributed by atoms with E-state index in [1.165, 1.54) is 0 Å². The van der Waals surface area contributed by atoms with E-state index >= 15 is 0 Å². The summed E-state index contributed by atoms with van der Waals surface area (Å²) in [4.78, 5) is 23.5. The van der Waals surface area contributed by atoms with Crippen LogP contribution in [0.4, 0.5) is 0 Å². The molecule has 14 heavy (non-hydrogen) atoms. The lowest BCUT2D eigenvalue weighted by molar-refractivity contribution is -0.156. The lowest BCUT2D eigenvalue weighted by Crippen LogP contribution is -2.41. The predicted octanol–water partition coefficient (Wildman–Crippen LogP) is 1.58. The zero-order valence-electron chi connectivity index (χ0n) is 7.91. The first-order chi connectivity index (χ1) is 6.71. The Hall–Kier alpha value is -1.12. The van der Waals surface area contributed by atoms with Crippen molar-refractivity contribution in [3.8, 4) is 0 Å². The predicted molar refractivity (Wildman–Crippen MR) is 48.2 cm³/mol. The normalized spacial score (nSPS) is 44.9. The van der Waals surface area contributed by atoms with E-state index in [0.29, 0.717) is 12.8 Å². The molecule has 1 heterocycles. The van der Waals surface area contributed by atoms with E-state index in [2.05, 4.69) is 0 Å². The minimum absolute atomic E-state index is 0.274. The third-order valence-electron chi connectivity index (χ3n) is 4.19. The number of hydrogen-bond donors (Lipinski definition) is 0. The molecule has 0 aromatic rings. The summed E-state index contributed by atoms with van der Waals surface area (Å²) in [7, 11) is 0. The molecule has 74 valence electrons. The smallest absolute Gasteiger partial charge is 0.321 e. The van der Waals surface area contributed by atoms with Crippen molar-refractivity contribution < 1.29 is 14.3 Å². The lowest BCUT2D eigenvalue weighted by atomic mass is 9.61. The highest BCUT2D eigenvalue weighted by Gasteiger charge is 2.69. The van der Waals surface area contributed by atoms with Crippen LogP contribution >= 0.6 is 0 Å². The van der Waals surface area contributed by atoms with Crippen LogP contribution in [0.3, 0.4) is 0 Å². The largest absolute Gasteiger partial charge is 0.392 e. The number of allylic oxidation sites excluding steroid dienone is 2. The van der Waals surface area contributed by atoms with Gasteiger partial charge >= 0.3 is 11.9 Å². The second-order valence-corrected chi connectivity index (χ2v) is 4.57. The Morgan fingerprint density at radius 1 is 1.00 bits per heavy atom. The molecule has 0 bridgehead atoms. The molecule has 3 heteroatoms. The Morgan fingerprint density at radius 3 is 2.00 bits per heavy atom.